The van der Waals surface area contributed by atoms with Crippen LogP contribution < -0.4 is 0 Å². The monoisotopic (exact) mass is 275 g/mol. The van der Waals surface area contributed by atoms with Crippen molar-refractivity contribution in [3.05, 3.63) is 83.7 Å². The molecule has 0 N–H and O–H groups in total. The molecular weight excluding hydrogens is 261 g/mol. The molecule has 0 saturated heterocycles. The number of nitrogens with zero attached hydrogens (tertiary/aromatic N) is 1. The first-order valence-corrected chi connectivity index (χ1v) is 6.89. The summed E-state index contributed by atoms with van der Waals surface area (Å²) >= 11 is 0. The Morgan fingerprint density at radius 1 is 0.952 bits per heavy atom. The van der Waals surface area contributed by atoms with Crippen LogP contribution in [-0.4, -0.2) is 0 Å². The standard InChI is InChI=1S/C19H14FN/c20-18-9-4-7-15(12-18)17(13-21)11-16-8-3-6-14-5-1-2-10-19(14)16/h1-10,12,17H,11H2. The average molecular weight is 275 g/mol. The molecular formula is C19H14FN. The van der Waals surface area contributed by atoms with Crippen molar-refractivity contribution in [1.82, 2.24) is 0 Å². The van der Waals surface area contributed by atoms with E-state index in [4.69, 9.17) is 0 Å². The Hall–Kier alpha value is -2.66. The van der Waals surface area contributed by atoms with Gasteiger partial charge in [0.1, 0.15) is 5.82 Å². The van der Waals surface area contributed by atoms with Crippen molar-refractivity contribution in [2.45, 2.75) is 12.3 Å². The maximum absolute atomic E-state index is 13.3. The van der Waals surface area contributed by atoms with Crippen LogP contribution in [0.4, 0.5) is 4.39 Å². The Bertz CT molecular complexity index is 812. The highest BCUT2D eigenvalue weighted by atomic mass is 19.1. The molecule has 3 aromatic rings. The summed E-state index contributed by atoms with van der Waals surface area (Å²) in [6.45, 7) is 0. The predicted molar refractivity (Wildman–Crippen MR) is 82.4 cm³/mol. The van der Waals surface area contributed by atoms with Crippen molar-refractivity contribution in [2.24, 2.45) is 0 Å². The predicted octanol–water partition coefficient (Wildman–Crippen LogP) is 4.83. The van der Waals surface area contributed by atoms with Gasteiger partial charge in [-0.05, 0) is 40.5 Å². The van der Waals surface area contributed by atoms with Gasteiger partial charge in [0.25, 0.3) is 0 Å². The van der Waals surface area contributed by atoms with E-state index >= 15 is 0 Å². The lowest BCUT2D eigenvalue weighted by molar-refractivity contribution is 0.623. The van der Waals surface area contributed by atoms with E-state index in [1.165, 1.54) is 12.1 Å². The van der Waals surface area contributed by atoms with E-state index in [0.717, 1.165) is 21.9 Å². The van der Waals surface area contributed by atoms with E-state index in [9.17, 15) is 9.65 Å². The number of nitriles is 1. The molecule has 0 radical (unpaired) electrons. The lowest BCUT2D eigenvalue weighted by Gasteiger charge is -2.12. The molecule has 1 unspecified atom stereocenters. The summed E-state index contributed by atoms with van der Waals surface area (Å²) in [5, 5.41) is 11.7. The third-order valence-corrected chi connectivity index (χ3v) is 3.71. The highest BCUT2D eigenvalue weighted by Crippen LogP contribution is 2.26. The number of hydrogen-bond acceptors (Lipinski definition) is 1. The third kappa shape index (κ3) is 2.78. The second-order valence-electron chi connectivity index (χ2n) is 5.08. The van der Waals surface area contributed by atoms with Gasteiger partial charge >= 0.3 is 0 Å². The van der Waals surface area contributed by atoms with Crippen molar-refractivity contribution in [3.63, 3.8) is 0 Å². The van der Waals surface area contributed by atoms with E-state index in [1.54, 1.807) is 6.07 Å². The molecule has 21 heavy (non-hydrogen) atoms. The minimum Gasteiger partial charge on any atom is -0.207 e. The van der Waals surface area contributed by atoms with Gasteiger partial charge in [0.2, 0.25) is 0 Å². The molecule has 102 valence electrons. The zero-order valence-corrected chi connectivity index (χ0v) is 11.5. The smallest absolute Gasteiger partial charge is 0.123 e. The summed E-state index contributed by atoms with van der Waals surface area (Å²) < 4.78 is 13.3. The SMILES string of the molecule is N#CC(Cc1cccc2ccccc12)c1cccc(F)c1. The normalized spacial score (nSPS) is 12.0. The second-order valence-corrected chi connectivity index (χ2v) is 5.08. The van der Waals surface area contributed by atoms with E-state index < -0.39 is 0 Å². The number of hydrogen-bond donors (Lipinski definition) is 0. The molecule has 0 spiro atoms. The van der Waals surface area contributed by atoms with Crippen molar-refractivity contribution in [3.8, 4) is 6.07 Å². The van der Waals surface area contributed by atoms with Gasteiger partial charge in [-0.15, -0.1) is 0 Å². The Kier molecular flexibility index (Phi) is 3.66. The van der Waals surface area contributed by atoms with Gasteiger partial charge in [0.15, 0.2) is 0 Å². The highest BCUT2D eigenvalue weighted by Gasteiger charge is 2.13. The largest absolute Gasteiger partial charge is 0.207 e. The van der Waals surface area contributed by atoms with Crippen LogP contribution in [0.1, 0.15) is 17.0 Å². The molecule has 2 heteroatoms. The molecule has 0 aliphatic rings. The zero-order chi connectivity index (χ0) is 14.7. The third-order valence-electron chi connectivity index (χ3n) is 3.71. The van der Waals surface area contributed by atoms with Crippen molar-refractivity contribution >= 4 is 10.8 Å². The molecule has 0 aromatic heterocycles. The first-order valence-electron chi connectivity index (χ1n) is 6.89. The van der Waals surface area contributed by atoms with Gasteiger partial charge in [-0.2, -0.15) is 5.26 Å². The van der Waals surface area contributed by atoms with Crippen molar-refractivity contribution in [2.75, 3.05) is 0 Å². The summed E-state index contributed by atoms with van der Waals surface area (Å²) in [7, 11) is 0. The lowest BCUT2D eigenvalue weighted by atomic mass is 9.91. The van der Waals surface area contributed by atoms with Crippen molar-refractivity contribution in [1.29, 1.82) is 5.26 Å². The number of benzene rings is 3. The maximum Gasteiger partial charge on any atom is 0.123 e. The highest BCUT2D eigenvalue weighted by molar-refractivity contribution is 5.85. The van der Waals surface area contributed by atoms with Crippen LogP contribution in [0.25, 0.3) is 10.8 Å². The van der Waals surface area contributed by atoms with Crippen LogP contribution in [0.15, 0.2) is 66.7 Å². The first kappa shape index (κ1) is 13.3. The molecule has 0 saturated carbocycles. The van der Waals surface area contributed by atoms with Gasteiger partial charge in [-0.25, -0.2) is 4.39 Å². The molecule has 3 aromatic carbocycles. The van der Waals surface area contributed by atoms with Gasteiger partial charge in [0.05, 0.1) is 12.0 Å². The fourth-order valence-electron chi connectivity index (χ4n) is 2.65. The Morgan fingerprint density at radius 2 is 1.71 bits per heavy atom. The van der Waals surface area contributed by atoms with Crippen LogP contribution in [0.2, 0.25) is 0 Å². The maximum atomic E-state index is 13.3. The molecule has 3 rings (SSSR count). The minimum absolute atomic E-state index is 0.300. The number of halogens is 1. The van der Waals surface area contributed by atoms with Gasteiger partial charge in [-0.3, -0.25) is 0 Å². The van der Waals surface area contributed by atoms with E-state index in [2.05, 4.69) is 24.3 Å². The van der Waals surface area contributed by atoms with Crippen LogP contribution in [-0.2, 0) is 6.42 Å². The summed E-state index contributed by atoms with van der Waals surface area (Å²) in [6.07, 6.45) is 0.585. The van der Waals surface area contributed by atoms with Crippen molar-refractivity contribution < 1.29 is 4.39 Å². The van der Waals surface area contributed by atoms with Gasteiger partial charge in [0, 0.05) is 0 Å². The molecule has 0 aliphatic heterocycles. The Balaban J connectivity index is 1.99. The van der Waals surface area contributed by atoms with E-state index in [1.807, 2.05) is 30.3 Å². The summed E-state index contributed by atoms with van der Waals surface area (Å²) in [6, 6.07) is 22.8. The average Bonchev–Trinajstić information content (AvgIpc) is 2.52. The zero-order valence-electron chi connectivity index (χ0n) is 11.5. The molecule has 0 aliphatic carbocycles. The van der Waals surface area contributed by atoms with Gasteiger partial charge < -0.3 is 0 Å². The first-order chi connectivity index (χ1) is 10.3. The summed E-state index contributed by atoms with van der Waals surface area (Å²) in [4.78, 5) is 0. The van der Waals surface area contributed by atoms with Crippen LogP contribution in [0.5, 0.6) is 0 Å². The molecule has 1 nitrogen and oxygen atoms in total. The quantitative estimate of drug-likeness (QED) is 0.671. The molecule has 0 bridgehead atoms. The fourth-order valence-corrected chi connectivity index (χ4v) is 2.65. The number of fused-ring (bicyclic) bond motifs is 1. The van der Waals surface area contributed by atoms with E-state index in [-0.39, 0.29) is 11.7 Å². The Labute approximate surface area is 123 Å². The fraction of sp³-hybridized carbons (Fsp3) is 0.105. The second kappa shape index (κ2) is 5.76. The Morgan fingerprint density at radius 3 is 2.52 bits per heavy atom. The van der Waals surface area contributed by atoms with Crippen LogP contribution >= 0.6 is 0 Å². The molecule has 0 heterocycles. The van der Waals surface area contributed by atoms with Crippen LogP contribution in [0.3, 0.4) is 0 Å². The van der Waals surface area contributed by atoms with Crippen LogP contribution in [0, 0.1) is 17.1 Å². The number of rotatable bonds is 3. The summed E-state index contributed by atoms with van der Waals surface area (Å²) in [5.41, 5.74) is 1.84. The summed E-state index contributed by atoms with van der Waals surface area (Å²) in [5.74, 6) is -0.642. The van der Waals surface area contributed by atoms with Gasteiger partial charge in [-0.1, -0.05) is 54.6 Å². The molecule has 0 fully saturated rings. The minimum atomic E-state index is -0.341. The van der Waals surface area contributed by atoms with E-state index in [0.29, 0.717) is 6.42 Å². The lowest BCUT2D eigenvalue weighted by Crippen LogP contribution is -2.01. The molecule has 0 amide bonds. The topological polar surface area (TPSA) is 23.8 Å². The molecule has 1 atom stereocenters.